The van der Waals surface area contributed by atoms with Crippen LogP contribution in [0.3, 0.4) is 0 Å². The highest BCUT2D eigenvalue weighted by atomic mass is 35.5. The lowest BCUT2D eigenvalue weighted by atomic mass is 9.98. The Labute approximate surface area is 569 Å². The molecule has 8 aromatic rings. The normalized spacial score (nSPS) is 10.8. The smallest absolute Gasteiger partial charge is 0.283 e. The number of alkyl halides is 4. The summed E-state index contributed by atoms with van der Waals surface area (Å²) in [6, 6.07) is 42.6. The number of ether oxygens (including phenoxy) is 1. The molecular weight excluding hydrogens is 1240 g/mol. The van der Waals surface area contributed by atoms with Crippen molar-refractivity contribution in [2.75, 3.05) is 7.11 Å². The van der Waals surface area contributed by atoms with Crippen LogP contribution in [0, 0.1) is 82.0 Å². The second-order valence-electron chi connectivity index (χ2n) is 26.0. The van der Waals surface area contributed by atoms with E-state index < -0.39 is 36.0 Å². The third-order valence-electron chi connectivity index (χ3n) is 15.6. The van der Waals surface area contributed by atoms with Crippen molar-refractivity contribution in [3.63, 3.8) is 0 Å². The van der Waals surface area contributed by atoms with Gasteiger partial charge in [0.1, 0.15) is 29.0 Å². The third-order valence-corrected chi connectivity index (χ3v) is 16.0. The molecule has 0 unspecified atom stereocenters. The molecule has 0 amide bonds. The molecule has 13 heteroatoms. The maximum Gasteiger partial charge on any atom is 0.283 e. The molecule has 8 rings (SSSR count). The Kier molecular flexibility index (Phi) is 38.9. The lowest BCUT2D eigenvalue weighted by Crippen LogP contribution is -2.01. The van der Waals surface area contributed by atoms with Gasteiger partial charge in [-0.1, -0.05) is 201 Å². The van der Waals surface area contributed by atoms with E-state index in [-0.39, 0.29) is 40.2 Å². The molecule has 7 aromatic carbocycles. The summed E-state index contributed by atoms with van der Waals surface area (Å²) in [5.41, 5.74) is 14.6. The van der Waals surface area contributed by atoms with Crippen molar-refractivity contribution in [3.8, 4) is 6.07 Å². The molecule has 0 radical (unpaired) electrons. The van der Waals surface area contributed by atoms with Crippen molar-refractivity contribution in [2.45, 2.75) is 219 Å². The van der Waals surface area contributed by atoms with Crippen LogP contribution in [0.2, 0.25) is 5.02 Å². The monoisotopic (exact) mass is 1340 g/mol. The molecule has 0 aliphatic heterocycles. The Morgan fingerprint density at radius 3 is 1.20 bits per heavy atom. The van der Waals surface area contributed by atoms with E-state index in [1.807, 2.05) is 90.1 Å². The molecule has 0 spiro atoms. The van der Waals surface area contributed by atoms with Crippen molar-refractivity contribution in [3.05, 3.63) is 274 Å². The molecule has 1 heterocycles. The van der Waals surface area contributed by atoms with Crippen LogP contribution in [0.1, 0.15) is 271 Å². The van der Waals surface area contributed by atoms with Gasteiger partial charge in [-0.3, -0.25) is 4.98 Å². The summed E-state index contributed by atoms with van der Waals surface area (Å²) in [5, 5.41) is 9.65. The molecule has 0 fully saturated rings. The Balaban J connectivity index is 0.000000544. The van der Waals surface area contributed by atoms with E-state index >= 15 is 0 Å². The fraction of sp³-hybridized carbons (Fsp3) is 0.415. The summed E-state index contributed by atoms with van der Waals surface area (Å²) in [5.74, 6) is 0.839. The number of rotatable bonds is 12. The van der Waals surface area contributed by atoms with Crippen molar-refractivity contribution in [1.29, 1.82) is 5.26 Å². The van der Waals surface area contributed by atoms with Crippen LogP contribution in [0.4, 0.5) is 39.5 Å². The van der Waals surface area contributed by atoms with Crippen LogP contribution in [0.15, 0.2) is 140 Å². The van der Waals surface area contributed by atoms with Gasteiger partial charge in [0.25, 0.3) is 12.9 Å². The van der Waals surface area contributed by atoms with Gasteiger partial charge < -0.3 is 4.74 Å². The predicted molar refractivity (Wildman–Crippen MR) is 381 cm³/mol. The van der Waals surface area contributed by atoms with Crippen LogP contribution in [0.5, 0.6) is 0 Å². The number of pyridine rings is 1. The Hall–Kier alpha value is -7.20. The summed E-state index contributed by atoms with van der Waals surface area (Å²) < 4.78 is 119. The van der Waals surface area contributed by atoms with Crippen LogP contribution in [0.25, 0.3) is 0 Å². The zero-order valence-corrected chi connectivity index (χ0v) is 61.1. The van der Waals surface area contributed by atoms with Gasteiger partial charge in [-0.05, 0) is 221 Å². The summed E-state index contributed by atoms with van der Waals surface area (Å²) in [6.45, 7) is 44.4. The lowest BCUT2D eigenvalue weighted by molar-refractivity contribution is 0.140. The van der Waals surface area contributed by atoms with E-state index in [2.05, 4.69) is 124 Å². The number of hydrogen-bond acceptors (Lipinski definition) is 3. The van der Waals surface area contributed by atoms with Crippen molar-refractivity contribution >= 4 is 11.6 Å². The standard InChI is InChI=1S/C12H18O.C11H14F2.C11H13N.C10H13Cl.C10H12F2.C10H13F.C9H10F3N.C9H11F/c1-9(2)11-6-5-10(3)12(7-11)8-13-4;1-7(2)9-5-4-8(3)10(6-9)11(12)13;1-8(2)10-5-4-9(3)11(6-10)7-12;1-7(2)9-5-4-8(3)10(11)6-9;1-6(2)8-4-9(11)7(3)10(12)5-8;1-7(2)9-5-4-8(3)10(11)6-9;1-5(2)6-3-4-13-8(7(6)10)9(11)12;1-7(2)8-3-5-9(10)6-4-8/h5-7,9H,8H2,1-4H3;4-7,11H,1-3H3;4-6,8H,1-3H3;4-7H,1-3H3;4-6H,1-3H3;4-7H,1-3H3;3-5,9H,1-2H3;3-7H,1-2H3. The Bertz CT molecular complexity index is 3490. The molecule has 0 aliphatic rings. The SMILES string of the molecule is CC(C)c1ccc(F)cc1.CC(C)c1ccnc(C(F)F)c1F.COCc1cc(C(C)C)ccc1C.Cc1c(F)cc(C(C)C)cc1F.Cc1ccc(C(C)C)cc1C#N.Cc1ccc(C(C)C)cc1C(F)F.Cc1ccc(C(C)C)cc1Cl.Cc1ccc(C(C)C)cc1F. The van der Waals surface area contributed by atoms with E-state index in [1.165, 1.54) is 76.8 Å². The Morgan fingerprint density at radius 2 is 0.789 bits per heavy atom. The second kappa shape index (κ2) is 43.1. The second-order valence-corrected chi connectivity index (χ2v) is 26.4. The highest BCUT2D eigenvalue weighted by Crippen LogP contribution is 2.29. The zero-order valence-electron chi connectivity index (χ0n) is 60.3. The molecule has 95 heavy (non-hydrogen) atoms. The van der Waals surface area contributed by atoms with E-state index in [0.717, 1.165) is 38.4 Å². The predicted octanol–water partition coefficient (Wildman–Crippen LogP) is 27.0. The number of halogens is 10. The summed E-state index contributed by atoms with van der Waals surface area (Å²) >= 11 is 5.96. The average Bonchev–Trinajstić information content (AvgIpc) is 0.927. The van der Waals surface area contributed by atoms with Gasteiger partial charge in [-0.2, -0.15) is 5.26 Å². The number of aromatic nitrogens is 1. The summed E-state index contributed by atoms with van der Waals surface area (Å²) in [7, 11) is 1.74. The average molecular weight is 1340 g/mol. The van der Waals surface area contributed by atoms with Crippen LogP contribution < -0.4 is 0 Å². The zero-order chi connectivity index (χ0) is 72.7. The summed E-state index contributed by atoms with van der Waals surface area (Å²) in [4.78, 5) is 3.30. The van der Waals surface area contributed by atoms with Gasteiger partial charge in [0.15, 0.2) is 5.82 Å². The van der Waals surface area contributed by atoms with Gasteiger partial charge in [0.05, 0.1) is 18.2 Å². The molecule has 0 bridgehead atoms. The maximum absolute atomic E-state index is 13.2. The minimum absolute atomic E-state index is 0.0967. The first-order chi connectivity index (χ1) is 44.3. The van der Waals surface area contributed by atoms with E-state index in [9.17, 15) is 39.5 Å². The molecule has 0 saturated heterocycles. The largest absolute Gasteiger partial charge is 0.380 e. The molecule has 0 saturated carbocycles. The first kappa shape index (κ1) is 85.8. The van der Waals surface area contributed by atoms with Crippen LogP contribution in [-0.2, 0) is 11.3 Å². The fourth-order valence-electron chi connectivity index (χ4n) is 8.59. The summed E-state index contributed by atoms with van der Waals surface area (Å²) in [6.07, 6.45) is -4.00. The Morgan fingerprint density at radius 1 is 0.400 bits per heavy atom. The highest BCUT2D eigenvalue weighted by molar-refractivity contribution is 6.31. The molecule has 0 atom stereocenters. The number of methoxy groups -OCH3 is 1. The first-order valence-electron chi connectivity index (χ1n) is 32.4. The number of aryl methyl sites for hydroxylation is 5. The van der Waals surface area contributed by atoms with Gasteiger partial charge >= 0.3 is 0 Å². The topological polar surface area (TPSA) is 45.9 Å². The van der Waals surface area contributed by atoms with Crippen molar-refractivity contribution in [1.82, 2.24) is 4.98 Å². The molecule has 518 valence electrons. The van der Waals surface area contributed by atoms with Gasteiger partial charge in [-0.15, -0.1) is 0 Å². The minimum Gasteiger partial charge on any atom is -0.380 e. The van der Waals surface area contributed by atoms with Crippen molar-refractivity contribution in [2.24, 2.45) is 0 Å². The highest BCUT2D eigenvalue weighted by Gasteiger charge is 2.19. The number of nitriles is 1. The number of benzene rings is 7. The first-order valence-corrected chi connectivity index (χ1v) is 32.8. The van der Waals surface area contributed by atoms with Crippen LogP contribution in [-0.4, -0.2) is 12.1 Å². The maximum atomic E-state index is 13.2. The lowest BCUT2D eigenvalue weighted by Gasteiger charge is -2.10. The van der Waals surface area contributed by atoms with E-state index in [1.54, 1.807) is 53.0 Å². The molecule has 3 nitrogen and oxygen atoms in total. The number of nitrogens with zero attached hydrogens (tertiary/aromatic N) is 2. The van der Waals surface area contributed by atoms with Gasteiger partial charge in [0, 0.05) is 29.5 Å². The van der Waals surface area contributed by atoms with E-state index in [0.29, 0.717) is 53.2 Å². The van der Waals surface area contributed by atoms with Crippen LogP contribution >= 0.6 is 11.6 Å². The quantitative estimate of drug-likeness (QED) is 0.115. The molecular formula is C82H104ClF9N2O. The minimum atomic E-state index is -2.85. The van der Waals surface area contributed by atoms with Crippen molar-refractivity contribution < 1.29 is 44.3 Å². The molecule has 0 aliphatic carbocycles. The molecule has 0 N–H and O–H groups in total. The van der Waals surface area contributed by atoms with Gasteiger partial charge in [0.2, 0.25) is 0 Å². The third kappa shape index (κ3) is 30.6. The number of hydrogen-bond donors (Lipinski definition) is 0. The van der Waals surface area contributed by atoms with E-state index in [4.69, 9.17) is 21.6 Å². The fourth-order valence-corrected chi connectivity index (χ4v) is 8.78. The molecule has 1 aromatic heterocycles. The van der Waals surface area contributed by atoms with Gasteiger partial charge in [-0.25, -0.2) is 39.5 Å².